The van der Waals surface area contributed by atoms with Gasteiger partial charge in [0.25, 0.3) is 5.89 Å². The van der Waals surface area contributed by atoms with Gasteiger partial charge in [-0.15, -0.1) is 0 Å². The number of carbonyl (C=O) groups excluding carboxylic acids is 1. The molecule has 2 fully saturated rings. The number of phenols is 1. The summed E-state index contributed by atoms with van der Waals surface area (Å²) in [5.74, 6) is 0.929. The molecule has 6 nitrogen and oxygen atoms in total. The third kappa shape index (κ3) is 2.82. The molecule has 3 heterocycles. The van der Waals surface area contributed by atoms with Crippen molar-refractivity contribution >= 4 is 5.91 Å². The summed E-state index contributed by atoms with van der Waals surface area (Å²) in [5, 5.41) is 12.9. The normalized spacial score (nSPS) is 26.2. The van der Waals surface area contributed by atoms with Crippen LogP contribution in [0.4, 0.5) is 0 Å². The van der Waals surface area contributed by atoms with Crippen LogP contribution in [0, 0.1) is 5.92 Å². The highest BCUT2D eigenvalue weighted by molar-refractivity contribution is 5.90. The predicted octanol–water partition coefficient (Wildman–Crippen LogP) is 1.87. The minimum absolute atomic E-state index is 0.0381. The van der Waals surface area contributed by atoms with Gasteiger partial charge in [0, 0.05) is 19.1 Å². The molecular formula is C17H19N3O3. The molecule has 2 aromatic rings. The second-order valence-electron chi connectivity index (χ2n) is 6.37. The summed E-state index contributed by atoms with van der Waals surface area (Å²) in [6.07, 6.45) is 3.72. The lowest BCUT2D eigenvalue weighted by molar-refractivity contribution is 0.0875. The van der Waals surface area contributed by atoms with E-state index in [0.717, 1.165) is 26.1 Å². The first-order chi connectivity index (χ1) is 11.2. The van der Waals surface area contributed by atoms with Gasteiger partial charge in [-0.3, -0.25) is 4.79 Å². The molecule has 0 saturated carbocycles. The SMILES string of the molecule is O=C(N[C@@H]1C[C@@H]2CCN(C2)C1)c1ncc(-c2ccccc2O)o1. The highest BCUT2D eigenvalue weighted by Crippen LogP contribution is 2.29. The van der Waals surface area contributed by atoms with Gasteiger partial charge in [0.05, 0.1) is 11.8 Å². The molecule has 23 heavy (non-hydrogen) atoms. The Morgan fingerprint density at radius 2 is 2.22 bits per heavy atom. The lowest BCUT2D eigenvalue weighted by Gasteiger charge is -2.30. The van der Waals surface area contributed by atoms with Gasteiger partial charge in [-0.25, -0.2) is 4.98 Å². The monoisotopic (exact) mass is 313 g/mol. The summed E-state index contributed by atoms with van der Waals surface area (Å²) in [6.45, 7) is 3.19. The van der Waals surface area contributed by atoms with Crippen molar-refractivity contribution in [1.29, 1.82) is 0 Å². The van der Waals surface area contributed by atoms with Crippen LogP contribution in [0.5, 0.6) is 5.75 Å². The maximum absolute atomic E-state index is 12.3. The summed E-state index contributed by atoms with van der Waals surface area (Å²) in [5.41, 5.74) is 0.529. The minimum atomic E-state index is -0.292. The highest BCUT2D eigenvalue weighted by Gasteiger charge is 2.33. The Labute approximate surface area is 134 Å². The summed E-state index contributed by atoms with van der Waals surface area (Å²) in [4.78, 5) is 18.8. The zero-order valence-corrected chi connectivity index (χ0v) is 12.7. The van der Waals surface area contributed by atoms with Gasteiger partial charge in [-0.05, 0) is 37.4 Å². The quantitative estimate of drug-likeness (QED) is 0.904. The van der Waals surface area contributed by atoms with E-state index in [-0.39, 0.29) is 23.6 Å². The van der Waals surface area contributed by atoms with Crippen LogP contribution in [0.25, 0.3) is 11.3 Å². The van der Waals surface area contributed by atoms with Crippen LogP contribution in [-0.4, -0.2) is 46.6 Å². The average molecular weight is 313 g/mol. The van der Waals surface area contributed by atoms with Gasteiger partial charge >= 0.3 is 5.91 Å². The van der Waals surface area contributed by atoms with E-state index in [1.807, 2.05) is 0 Å². The summed E-state index contributed by atoms with van der Waals surface area (Å²) in [7, 11) is 0. The molecule has 2 saturated heterocycles. The number of benzene rings is 1. The van der Waals surface area contributed by atoms with Crippen molar-refractivity contribution in [1.82, 2.24) is 15.2 Å². The number of amides is 1. The zero-order valence-electron chi connectivity index (χ0n) is 12.7. The second-order valence-corrected chi connectivity index (χ2v) is 6.37. The Bertz CT molecular complexity index is 715. The molecule has 1 amide bonds. The fraction of sp³-hybridized carbons (Fsp3) is 0.412. The zero-order chi connectivity index (χ0) is 15.8. The minimum Gasteiger partial charge on any atom is -0.507 e. The number of nitrogens with one attached hydrogen (secondary N) is 1. The lowest BCUT2D eigenvalue weighted by Crippen LogP contribution is -2.47. The Balaban J connectivity index is 1.46. The molecule has 2 aliphatic rings. The number of hydrogen-bond acceptors (Lipinski definition) is 5. The van der Waals surface area contributed by atoms with E-state index >= 15 is 0 Å². The van der Waals surface area contributed by atoms with Gasteiger partial charge in [0.1, 0.15) is 5.75 Å². The third-order valence-electron chi connectivity index (χ3n) is 4.67. The van der Waals surface area contributed by atoms with Crippen molar-refractivity contribution in [3.8, 4) is 17.1 Å². The second kappa shape index (κ2) is 5.70. The van der Waals surface area contributed by atoms with Gasteiger partial charge in [-0.1, -0.05) is 12.1 Å². The van der Waals surface area contributed by atoms with Gasteiger partial charge in [0.2, 0.25) is 0 Å². The lowest BCUT2D eigenvalue weighted by atomic mass is 9.97. The number of para-hydroxylation sites is 1. The van der Waals surface area contributed by atoms with Crippen molar-refractivity contribution in [3.05, 3.63) is 36.4 Å². The van der Waals surface area contributed by atoms with E-state index in [0.29, 0.717) is 17.2 Å². The number of phenolic OH excluding ortho intramolecular Hbond substituents is 1. The number of carbonyl (C=O) groups is 1. The van der Waals surface area contributed by atoms with Crippen LogP contribution in [-0.2, 0) is 0 Å². The van der Waals surface area contributed by atoms with E-state index < -0.39 is 0 Å². The molecule has 0 radical (unpaired) electrons. The standard InChI is InChI=1S/C17H19N3O3/c21-14-4-2-1-3-13(14)15-8-18-17(23-15)16(22)19-12-7-11-5-6-20(9-11)10-12/h1-4,8,11-12,21H,5-7,9-10H2,(H,19,22)/t11-,12+/m0/s1. The number of rotatable bonds is 3. The largest absolute Gasteiger partial charge is 0.507 e. The molecule has 0 aliphatic carbocycles. The average Bonchev–Trinajstić information content (AvgIpc) is 3.15. The number of piperidine rings is 1. The fourth-order valence-electron chi connectivity index (χ4n) is 3.60. The molecule has 1 aromatic heterocycles. The molecule has 2 N–H and O–H groups in total. The van der Waals surface area contributed by atoms with Crippen molar-refractivity contribution in [3.63, 3.8) is 0 Å². The maximum Gasteiger partial charge on any atom is 0.307 e. The van der Waals surface area contributed by atoms with Gasteiger partial charge in [0.15, 0.2) is 5.76 Å². The Morgan fingerprint density at radius 3 is 3.04 bits per heavy atom. The topological polar surface area (TPSA) is 78.6 Å². The summed E-state index contributed by atoms with van der Waals surface area (Å²) >= 11 is 0. The highest BCUT2D eigenvalue weighted by atomic mass is 16.4. The van der Waals surface area contributed by atoms with Crippen LogP contribution in [0.3, 0.4) is 0 Å². The molecule has 2 bridgehead atoms. The van der Waals surface area contributed by atoms with E-state index in [2.05, 4.69) is 15.2 Å². The first kappa shape index (κ1) is 14.3. The number of fused-ring (bicyclic) bond motifs is 2. The molecule has 120 valence electrons. The van der Waals surface area contributed by atoms with Gasteiger partial charge in [-0.2, -0.15) is 0 Å². The first-order valence-corrected chi connectivity index (χ1v) is 7.96. The van der Waals surface area contributed by atoms with E-state index in [9.17, 15) is 9.90 Å². The molecular weight excluding hydrogens is 294 g/mol. The van der Waals surface area contributed by atoms with Crippen molar-refractivity contribution in [2.45, 2.75) is 18.9 Å². The van der Waals surface area contributed by atoms with Crippen LogP contribution in [0.15, 0.2) is 34.9 Å². The number of nitrogens with zero attached hydrogens (tertiary/aromatic N) is 2. The van der Waals surface area contributed by atoms with Crippen molar-refractivity contribution < 1.29 is 14.3 Å². The van der Waals surface area contributed by atoms with Crippen LogP contribution in [0.2, 0.25) is 0 Å². The van der Waals surface area contributed by atoms with E-state index in [4.69, 9.17) is 4.42 Å². The number of aromatic nitrogens is 1. The summed E-state index contributed by atoms with van der Waals surface area (Å²) in [6, 6.07) is 6.98. The Morgan fingerprint density at radius 1 is 1.35 bits per heavy atom. The van der Waals surface area contributed by atoms with E-state index in [1.165, 1.54) is 12.6 Å². The van der Waals surface area contributed by atoms with Gasteiger partial charge < -0.3 is 19.7 Å². The van der Waals surface area contributed by atoms with Crippen LogP contribution >= 0.6 is 0 Å². The molecule has 2 aliphatic heterocycles. The smallest absolute Gasteiger partial charge is 0.307 e. The van der Waals surface area contributed by atoms with E-state index in [1.54, 1.807) is 24.3 Å². The number of aromatic hydroxyl groups is 1. The maximum atomic E-state index is 12.3. The van der Waals surface area contributed by atoms with Crippen LogP contribution in [0.1, 0.15) is 23.5 Å². The molecule has 1 unspecified atom stereocenters. The number of oxazole rings is 1. The Hall–Kier alpha value is -2.34. The molecule has 0 spiro atoms. The van der Waals surface area contributed by atoms with Crippen LogP contribution < -0.4 is 5.32 Å². The van der Waals surface area contributed by atoms with Crippen molar-refractivity contribution in [2.75, 3.05) is 19.6 Å². The summed E-state index contributed by atoms with van der Waals surface area (Å²) < 4.78 is 5.53. The van der Waals surface area contributed by atoms with Crippen molar-refractivity contribution in [2.24, 2.45) is 5.92 Å². The predicted molar refractivity (Wildman–Crippen MR) is 84.0 cm³/mol. The molecule has 3 atom stereocenters. The molecule has 4 rings (SSSR count). The molecule has 6 heteroatoms. The fourth-order valence-corrected chi connectivity index (χ4v) is 3.60. The molecule has 1 aromatic carbocycles. The number of hydrogen-bond donors (Lipinski definition) is 2. The third-order valence-corrected chi connectivity index (χ3v) is 4.67. The first-order valence-electron chi connectivity index (χ1n) is 7.96. The Kier molecular flexibility index (Phi) is 3.53.